The van der Waals surface area contributed by atoms with Crippen molar-refractivity contribution in [3.63, 3.8) is 0 Å². The monoisotopic (exact) mass is 1940 g/mol. The van der Waals surface area contributed by atoms with Crippen LogP contribution < -0.4 is 123 Å². The number of hydrogen-bond acceptors (Lipinski definition) is 25. The number of phenolic OH excluding ortho intramolecular Hbond substituents is 1. The minimum atomic E-state index is -4.65. The molecule has 135 heavy (non-hydrogen) atoms. The predicted octanol–water partition coefficient (Wildman–Crippen LogP) is 4.20. The van der Waals surface area contributed by atoms with E-state index < -0.39 is 64.7 Å². The van der Waals surface area contributed by atoms with Crippen LogP contribution in [0.2, 0.25) is 0 Å². The number of aromatic carboxylic acids is 2. The van der Waals surface area contributed by atoms with E-state index in [1.54, 1.807) is 76.2 Å². The average Bonchev–Trinajstić information content (AvgIpc) is 1.19. The van der Waals surface area contributed by atoms with Gasteiger partial charge < -0.3 is 71.9 Å². The van der Waals surface area contributed by atoms with Crippen molar-refractivity contribution < 1.29 is 207 Å². The van der Waals surface area contributed by atoms with E-state index in [4.69, 9.17) is 39.5 Å². The summed E-state index contributed by atoms with van der Waals surface area (Å²) in [5.41, 5.74) is 12.9. The minimum absolute atomic E-state index is 0. The Kier molecular flexibility index (Phi) is 40.8. The first-order valence-corrected chi connectivity index (χ1v) is 47.6. The largest absolute Gasteiger partial charge is 1.00 e. The number of carboxylic acids is 2. The van der Waals surface area contributed by atoms with Crippen molar-refractivity contribution in [3.8, 4) is 23.0 Å². The maximum Gasteiger partial charge on any atom is 1.00 e. The van der Waals surface area contributed by atoms with Gasteiger partial charge in [0, 0.05) is 173 Å². The number of allylic oxidation sites excluding steroid dienone is 13. The summed E-state index contributed by atoms with van der Waals surface area (Å²) < 4.78 is 146. The molecule has 7 aromatic carbocycles. The Morgan fingerprint density at radius 1 is 0.652 bits per heavy atom. The van der Waals surface area contributed by atoms with Gasteiger partial charge in [0.25, 0.3) is 0 Å². The number of rotatable bonds is 26. The second-order valence-electron chi connectivity index (χ2n) is 34.3. The number of fused-ring (bicyclic) bond motifs is 6. The van der Waals surface area contributed by atoms with Crippen molar-refractivity contribution in [2.45, 2.75) is 147 Å². The van der Waals surface area contributed by atoms with Gasteiger partial charge in [-0.2, -0.15) is 17.4 Å². The third-order valence-electron chi connectivity index (χ3n) is 23.5. The van der Waals surface area contributed by atoms with E-state index >= 15 is 0 Å². The molecule has 14 rings (SSSR count). The maximum atomic E-state index is 12.6. The molecule has 2 N–H and O–H groups in total. The molecule has 28 nitrogen and oxygen atoms in total. The van der Waals surface area contributed by atoms with E-state index in [9.17, 15) is 70.0 Å². The van der Waals surface area contributed by atoms with Crippen LogP contribution in [0.5, 0.6) is 23.0 Å². The molecule has 4 aliphatic heterocycles. The van der Waals surface area contributed by atoms with Crippen LogP contribution in [-0.2, 0) is 64.5 Å². The summed E-state index contributed by atoms with van der Waals surface area (Å²) in [6.07, 6.45) is 26.1. The van der Waals surface area contributed by atoms with E-state index in [2.05, 4.69) is 53.7 Å². The van der Waals surface area contributed by atoms with Gasteiger partial charge in [-0.1, -0.05) is 115 Å². The summed E-state index contributed by atoms with van der Waals surface area (Å²) in [5, 5.41) is 34.2. The topological polar surface area (TPSA) is 430 Å². The third-order valence-corrected chi connectivity index (χ3v) is 25.2. The molecular weight excluding hydrogens is 1840 g/mol. The zero-order valence-corrected chi connectivity index (χ0v) is 87.5. The first kappa shape index (κ1) is 112. The summed E-state index contributed by atoms with van der Waals surface area (Å²) in [4.78, 5) is 75.1. The van der Waals surface area contributed by atoms with Crippen molar-refractivity contribution in [2.24, 2.45) is 29.6 Å². The molecule has 7 aliphatic rings. The molecule has 0 saturated heterocycles. The molecule has 0 spiro atoms. The number of Topliss-reactive ketones (excluding diaryl/α,β-unsaturated/α-hetero) is 3. The van der Waals surface area contributed by atoms with Crippen molar-refractivity contribution in [2.75, 3.05) is 51.1 Å². The van der Waals surface area contributed by atoms with Gasteiger partial charge >= 0.3 is 116 Å². The van der Waals surface area contributed by atoms with E-state index in [-0.39, 0.29) is 174 Å². The summed E-state index contributed by atoms with van der Waals surface area (Å²) in [6.45, 7) is 24.4. The standard InChI is InChI=1S/C48H57N2O8S2.C28H30N2O4.C24H20O6.3Na.2O3S/c1-7-9-28-49-38(30-37-31-40(59(52,53)54)22-24-43(37)49)19-17-35-12-11-13-36(47(35)58-39-20-14-34(15-21-39)16-26-45(51)33(3)4)18-27-46-48(5,6)42-32-41(60(55,56)57)23-25-44(42)50(46)29-10-8-2;1-16(2)27(31)17-7-10-20(23(13-17)28(32)33)26-21-11-8-18(29(3)4)14-24(21)34-25-15-19(30(5)6)9-12-22(25)26;1-12(2)23(27)13-3-6-16(19(9-13)24(28)29)22-17-7-4-14(25)10-20(17)30-21-11-15(26)5-8-18(21)22;;;;2*1-4(2)3/h14-15,17-25,27,31-33H,1-2,7-13,16,26,28-30H2,3-6H3,(H,52,53,54)(H,55,56,57);7-16,21,26H,1-6H3;3-12,17,22,26H,1-2H3,(H,28,29);;;;;/q-1;;;3*+1;;/p-2. The van der Waals surface area contributed by atoms with Gasteiger partial charge in [0.1, 0.15) is 86.9 Å². The van der Waals surface area contributed by atoms with Crippen molar-refractivity contribution in [3.05, 3.63) is 303 Å². The van der Waals surface area contributed by atoms with Crippen LogP contribution in [0.3, 0.4) is 0 Å². The smallest absolute Gasteiger partial charge is 0.744 e. The fourth-order valence-corrected chi connectivity index (χ4v) is 17.8. The van der Waals surface area contributed by atoms with Crippen molar-refractivity contribution in [1.29, 1.82) is 0 Å². The van der Waals surface area contributed by atoms with E-state index in [0.717, 1.165) is 118 Å². The number of carbonyl (C=O) groups excluding carboxylic acids is 6. The van der Waals surface area contributed by atoms with Crippen LogP contribution in [-0.4, -0.2) is 158 Å². The first-order valence-electron chi connectivity index (χ1n) is 42.8. The van der Waals surface area contributed by atoms with Crippen LogP contribution in [0.15, 0.2) is 238 Å². The third kappa shape index (κ3) is 28.1. The number of carbonyl (C=O) groups is 5. The van der Waals surface area contributed by atoms with E-state index in [0.29, 0.717) is 89.6 Å². The zero-order chi connectivity index (χ0) is 96.9. The van der Waals surface area contributed by atoms with Gasteiger partial charge in [-0.3, -0.25) is 19.2 Å². The SMILES string of the molecule is CC(C)C(=O)c1ccc(C2c3ccc(N(C)C)cc3OC3=CC(=[N+](C)C)C=CC32)c(C(=O)[O-])c1.CC(C)C(=O)c1ccc(C2c3ccc(O)cc3OC3=CC(=[OH+])C=CC32)c(C(=O)[O-])c1.O=S(=O)=O.O=S(=O)=O.[CH2-]CCCN1/C(=C/C=C2\CCCC(/C=C/C3=[N+](CCC[CH2-])c4ccc(S(=O)(=O)[O-])cc4C3(C)C)=C2Oc2ccc(CCC(=O)C(C)C)cc2)Cc2cc(S(=O)(=O)[O-])ccc21.[Na+].[Na+].[Na+]. The number of aromatic hydroxyl groups is 1. The van der Waals surface area contributed by atoms with E-state index in [1.165, 1.54) is 60.7 Å². The Balaban J connectivity index is 0.000000281. The first-order chi connectivity index (χ1) is 62.2. The summed E-state index contributed by atoms with van der Waals surface area (Å²) in [5.74, 6) is -0.910. The number of anilines is 2. The van der Waals surface area contributed by atoms with Crippen LogP contribution >= 0.6 is 0 Å². The summed E-state index contributed by atoms with van der Waals surface area (Å²) >= 11 is 0. The van der Waals surface area contributed by atoms with Gasteiger partial charge in [0.05, 0.1) is 33.2 Å². The summed E-state index contributed by atoms with van der Waals surface area (Å²) in [6, 6.07) is 37.2. The Labute approximate surface area is 857 Å². The van der Waals surface area contributed by atoms with Gasteiger partial charge in [-0.25, -0.2) is 21.4 Å². The molecule has 0 bridgehead atoms. The number of benzene rings is 7. The van der Waals surface area contributed by atoms with E-state index in [1.807, 2.05) is 120 Å². The second-order valence-corrected chi connectivity index (χ2v) is 37.8. The Morgan fingerprint density at radius 3 is 1.70 bits per heavy atom. The molecular formula is C100H105N4Na3O24S4. The molecule has 0 saturated carbocycles. The molecule has 696 valence electrons. The quantitative estimate of drug-likeness (QED) is 0.0198. The zero-order valence-electron chi connectivity index (χ0n) is 78.2. The Morgan fingerprint density at radius 2 is 1.18 bits per heavy atom. The van der Waals surface area contributed by atoms with Crippen molar-refractivity contribution in [1.82, 2.24) is 0 Å². The van der Waals surface area contributed by atoms with Gasteiger partial charge in [-0.15, -0.1) is 25.3 Å². The number of hydrogen-bond donors (Lipinski definition) is 1. The number of carboxylic acid groups (broad SMARTS) is 2. The molecule has 0 aromatic heterocycles. The fourth-order valence-electron chi connectivity index (χ4n) is 16.8. The number of nitrogens with zero attached hydrogens (tertiary/aromatic N) is 4. The predicted molar refractivity (Wildman–Crippen MR) is 492 cm³/mol. The Bertz CT molecular complexity index is 6540. The maximum absolute atomic E-state index is 12.6. The normalized spacial score (nSPS) is 17.4. The van der Waals surface area contributed by atoms with Crippen molar-refractivity contribution >= 4 is 105 Å². The van der Waals surface area contributed by atoms with Gasteiger partial charge in [0.2, 0.25) is 11.4 Å². The van der Waals surface area contributed by atoms with Crippen LogP contribution in [0, 0.1) is 43.4 Å². The molecule has 35 heteroatoms. The molecule has 4 heterocycles. The summed E-state index contributed by atoms with van der Waals surface area (Å²) in [7, 11) is -7.63. The fraction of sp³-hybridized carbons (Fsp3) is 0.320. The molecule has 3 aliphatic carbocycles. The molecule has 7 aromatic rings. The Hall–Kier alpha value is -9.72. The molecule has 4 atom stereocenters. The average molecular weight is 1940 g/mol. The number of phenols is 1. The molecule has 0 fully saturated rings. The van der Waals surface area contributed by atoms with Gasteiger partial charge in [0.15, 0.2) is 17.3 Å². The number of ketones is 4. The molecule has 0 amide bonds. The molecule has 0 radical (unpaired) electrons. The number of aryl methyl sites for hydroxylation is 1. The van der Waals surface area contributed by atoms with Crippen LogP contribution in [0.4, 0.5) is 17.1 Å². The minimum Gasteiger partial charge on any atom is -0.744 e. The van der Waals surface area contributed by atoms with Gasteiger partial charge in [-0.05, 0) is 158 Å². The van der Waals surface area contributed by atoms with Crippen LogP contribution in [0.25, 0.3) is 0 Å². The number of ether oxygens (including phenoxy) is 3. The van der Waals surface area contributed by atoms with Crippen LogP contribution in [0.1, 0.15) is 199 Å². The number of unbranched alkanes of at least 4 members (excludes halogenated alkanes) is 2. The molecule has 4 unspecified atom stereocenters. The second kappa shape index (κ2) is 49.0.